The SMILES string of the molecule is COC(C=O)C(OC)C(OC)C(O)C(=O)O. The van der Waals surface area contributed by atoms with Gasteiger partial charge >= 0.3 is 5.97 Å². The smallest absolute Gasteiger partial charge is 0.335 e. The maximum Gasteiger partial charge on any atom is 0.335 e. The summed E-state index contributed by atoms with van der Waals surface area (Å²) in [5, 5.41) is 18.0. The lowest BCUT2D eigenvalue weighted by molar-refractivity contribution is -0.173. The Morgan fingerprint density at radius 2 is 1.62 bits per heavy atom. The maximum absolute atomic E-state index is 10.7. The first-order chi connectivity index (χ1) is 7.53. The van der Waals surface area contributed by atoms with E-state index in [9.17, 15) is 14.7 Å². The van der Waals surface area contributed by atoms with Gasteiger partial charge in [-0.3, -0.25) is 0 Å². The van der Waals surface area contributed by atoms with Gasteiger partial charge in [0.1, 0.15) is 18.3 Å². The Balaban J connectivity index is 4.86. The molecule has 0 saturated heterocycles. The van der Waals surface area contributed by atoms with Crippen LogP contribution < -0.4 is 0 Å². The van der Waals surface area contributed by atoms with Gasteiger partial charge in [0.05, 0.1) is 0 Å². The number of aliphatic carboxylic acids is 1. The Labute approximate surface area is 92.9 Å². The molecule has 0 rings (SSSR count). The fourth-order valence-corrected chi connectivity index (χ4v) is 1.31. The highest BCUT2D eigenvalue weighted by Crippen LogP contribution is 2.13. The van der Waals surface area contributed by atoms with Crippen LogP contribution in [0.3, 0.4) is 0 Å². The third-order valence-electron chi connectivity index (χ3n) is 2.16. The highest BCUT2D eigenvalue weighted by atomic mass is 16.6. The molecule has 0 bridgehead atoms. The van der Waals surface area contributed by atoms with Gasteiger partial charge in [-0.1, -0.05) is 0 Å². The zero-order chi connectivity index (χ0) is 12.7. The predicted octanol–water partition coefficient (Wildman–Crippen LogP) is -1.32. The average molecular weight is 236 g/mol. The van der Waals surface area contributed by atoms with Crippen molar-refractivity contribution in [2.45, 2.75) is 24.4 Å². The Kier molecular flexibility index (Phi) is 6.82. The molecule has 7 nitrogen and oxygen atoms in total. The number of carbonyl (C=O) groups is 2. The Bertz CT molecular complexity index is 222. The van der Waals surface area contributed by atoms with Crippen LogP contribution in [0.4, 0.5) is 0 Å². The molecule has 0 heterocycles. The molecule has 0 aliphatic heterocycles. The molecule has 0 aliphatic carbocycles. The van der Waals surface area contributed by atoms with Crippen molar-refractivity contribution in [3.05, 3.63) is 0 Å². The molecule has 0 fully saturated rings. The number of carboxylic acid groups (broad SMARTS) is 1. The number of carbonyl (C=O) groups excluding carboxylic acids is 1. The summed E-state index contributed by atoms with van der Waals surface area (Å²) in [6, 6.07) is 0. The fourth-order valence-electron chi connectivity index (χ4n) is 1.31. The third-order valence-corrected chi connectivity index (χ3v) is 2.16. The summed E-state index contributed by atoms with van der Waals surface area (Å²) in [5.74, 6) is -1.46. The number of hydrogen-bond donors (Lipinski definition) is 2. The van der Waals surface area contributed by atoms with Crippen LogP contribution in [0.25, 0.3) is 0 Å². The van der Waals surface area contributed by atoms with Crippen molar-refractivity contribution in [3.63, 3.8) is 0 Å². The number of carboxylic acids is 1. The van der Waals surface area contributed by atoms with Crippen LogP contribution in [0, 0.1) is 0 Å². The molecule has 0 aromatic heterocycles. The number of methoxy groups -OCH3 is 3. The Morgan fingerprint density at radius 3 is 1.88 bits per heavy atom. The van der Waals surface area contributed by atoms with Gasteiger partial charge in [-0.15, -0.1) is 0 Å². The summed E-state index contributed by atoms with van der Waals surface area (Å²) in [6.07, 6.45) is -4.55. The molecule has 4 atom stereocenters. The summed E-state index contributed by atoms with van der Waals surface area (Å²) < 4.78 is 14.5. The molecule has 0 aromatic rings. The topological polar surface area (TPSA) is 102 Å². The Hall–Kier alpha value is -1.02. The van der Waals surface area contributed by atoms with E-state index in [4.69, 9.17) is 19.3 Å². The average Bonchev–Trinajstić information content (AvgIpc) is 2.28. The summed E-state index contributed by atoms with van der Waals surface area (Å²) in [7, 11) is 3.74. The van der Waals surface area contributed by atoms with Gasteiger partial charge in [-0.2, -0.15) is 0 Å². The summed E-state index contributed by atoms with van der Waals surface area (Å²) in [4.78, 5) is 21.3. The maximum atomic E-state index is 10.7. The van der Waals surface area contributed by atoms with Crippen molar-refractivity contribution in [1.29, 1.82) is 0 Å². The molecule has 2 N–H and O–H groups in total. The number of aldehydes is 1. The lowest BCUT2D eigenvalue weighted by Crippen LogP contribution is -2.50. The van der Waals surface area contributed by atoms with E-state index in [1.807, 2.05) is 0 Å². The van der Waals surface area contributed by atoms with Crippen molar-refractivity contribution in [3.8, 4) is 0 Å². The first-order valence-electron chi connectivity index (χ1n) is 4.48. The van der Waals surface area contributed by atoms with Crippen molar-refractivity contribution in [2.75, 3.05) is 21.3 Å². The number of ether oxygens (including phenoxy) is 3. The highest BCUT2D eigenvalue weighted by Gasteiger charge is 2.38. The molecule has 0 aliphatic rings. The van der Waals surface area contributed by atoms with Crippen molar-refractivity contribution < 1.29 is 34.0 Å². The number of rotatable bonds is 8. The lowest BCUT2D eigenvalue weighted by atomic mass is 10.0. The van der Waals surface area contributed by atoms with E-state index in [-0.39, 0.29) is 0 Å². The molecule has 94 valence electrons. The zero-order valence-electron chi connectivity index (χ0n) is 9.32. The minimum absolute atomic E-state index is 0.453. The van der Waals surface area contributed by atoms with Crippen LogP contribution in [0.5, 0.6) is 0 Å². The third kappa shape index (κ3) is 3.53. The van der Waals surface area contributed by atoms with Gasteiger partial charge in [0, 0.05) is 21.3 Å². The minimum Gasteiger partial charge on any atom is -0.479 e. The molecule has 0 saturated carbocycles. The van der Waals surface area contributed by atoms with Crippen LogP contribution in [-0.4, -0.2) is 68.2 Å². The Morgan fingerprint density at radius 1 is 1.12 bits per heavy atom. The van der Waals surface area contributed by atoms with Gasteiger partial charge in [0.15, 0.2) is 12.4 Å². The number of aliphatic hydroxyl groups excluding tert-OH is 1. The first-order valence-corrected chi connectivity index (χ1v) is 4.48. The molecule has 0 amide bonds. The van der Waals surface area contributed by atoms with Crippen LogP contribution in [-0.2, 0) is 23.8 Å². The van der Waals surface area contributed by atoms with Crippen LogP contribution in [0.15, 0.2) is 0 Å². The highest BCUT2D eigenvalue weighted by molar-refractivity contribution is 5.73. The monoisotopic (exact) mass is 236 g/mol. The number of hydrogen-bond acceptors (Lipinski definition) is 6. The molecule has 7 heteroatoms. The normalized spacial score (nSPS) is 18.5. The van der Waals surface area contributed by atoms with Crippen LogP contribution in [0.2, 0.25) is 0 Å². The van der Waals surface area contributed by atoms with Crippen molar-refractivity contribution in [1.82, 2.24) is 0 Å². The standard InChI is InChI=1S/C9H16O7/c1-14-5(4-10)7(15-2)8(16-3)6(11)9(12)13/h4-8,11H,1-3H3,(H,12,13). The van der Waals surface area contributed by atoms with Crippen LogP contribution >= 0.6 is 0 Å². The second kappa shape index (κ2) is 7.29. The zero-order valence-corrected chi connectivity index (χ0v) is 9.32. The van der Waals surface area contributed by atoms with Gasteiger partial charge < -0.3 is 29.2 Å². The molecule has 16 heavy (non-hydrogen) atoms. The van der Waals surface area contributed by atoms with Gasteiger partial charge in [-0.05, 0) is 0 Å². The molecule has 4 unspecified atom stereocenters. The van der Waals surface area contributed by atoms with E-state index in [1.165, 1.54) is 21.3 Å². The van der Waals surface area contributed by atoms with Crippen LogP contribution in [0.1, 0.15) is 0 Å². The van der Waals surface area contributed by atoms with E-state index >= 15 is 0 Å². The van der Waals surface area contributed by atoms with Gasteiger partial charge in [0.25, 0.3) is 0 Å². The first kappa shape index (κ1) is 15.0. The van der Waals surface area contributed by atoms with Crippen molar-refractivity contribution in [2.24, 2.45) is 0 Å². The van der Waals surface area contributed by atoms with Gasteiger partial charge in [0.2, 0.25) is 0 Å². The summed E-state index contributed by atoms with van der Waals surface area (Å²) >= 11 is 0. The lowest BCUT2D eigenvalue weighted by Gasteiger charge is -2.29. The largest absolute Gasteiger partial charge is 0.479 e. The van der Waals surface area contributed by atoms with Crippen molar-refractivity contribution >= 4 is 12.3 Å². The molecule has 0 spiro atoms. The second-order valence-electron chi connectivity index (χ2n) is 3.02. The molecule has 0 aromatic carbocycles. The second-order valence-corrected chi connectivity index (χ2v) is 3.02. The number of aliphatic hydroxyl groups is 1. The van der Waals surface area contributed by atoms with Gasteiger partial charge in [-0.25, -0.2) is 4.79 Å². The molecular formula is C9H16O7. The van der Waals surface area contributed by atoms with E-state index < -0.39 is 30.4 Å². The van der Waals surface area contributed by atoms with E-state index in [2.05, 4.69) is 0 Å². The predicted molar refractivity (Wildman–Crippen MR) is 52.1 cm³/mol. The fraction of sp³-hybridized carbons (Fsp3) is 0.778. The minimum atomic E-state index is -1.80. The van der Waals surface area contributed by atoms with E-state index in [1.54, 1.807) is 0 Å². The van der Waals surface area contributed by atoms with E-state index in [0.29, 0.717) is 6.29 Å². The summed E-state index contributed by atoms with van der Waals surface area (Å²) in [6.45, 7) is 0. The van der Waals surface area contributed by atoms with E-state index in [0.717, 1.165) is 0 Å². The summed E-state index contributed by atoms with van der Waals surface area (Å²) in [5.41, 5.74) is 0. The molecule has 0 radical (unpaired) electrons. The molecular weight excluding hydrogens is 220 g/mol. The quantitative estimate of drug-likeness (QED) is 0.503.